The van der Waals surface area contributed by atoms with E-state index >= 15 is 0 Å². The van der Waals surface area contributed by atoms with Gasteiger partial charge < -0.3 is 19.2 Å². The lowest BCUT2D eigenvalue weighted by Crippen LogP contribution is -2.11. The van der Waals surface area contributed by atoms with Gasteiger partial charge >= 0.3 is 0 Å². The van der Waals surface area contributed by atoms with Crippen molar-refractivity contribution in [3.63, 3.8) is 0 Å². The van der Waals surface area contributed by atoms with Crippen LogP contribution in [0.1, 0.15) is 21.9 Å². The highest BCUT2D eigenvalue weighted by atomic mass is 35.5. The Morgan fingerprint density at radius 2 is 2.00 bits per heavy atom. The van der Waals surface area contributed by atoms with E-state index in [0.717, 1.165) is 5.56 Å². The minimum atomic E-state index is -0.582. The number of pyridine rings is 1. The Balaban J connectivity index is 1.45. The Hall–Kier alpha value is -4.37. The van der Waals surface area contributed by atoms with Crippen LogP contribution in [0.15, 0.2) is 77.5 Å². The second-order valence-electron chi connectivity index (χ2n) is 7.18. The predicted octanol–water partition coefficient (Wildman–Crippen LogP) is 6.17. The van der Waals surface area contributed by atoms with Crippen LogP contribution in [0.3, 0.4) is 0 Å². The molecule has 2 heterocycles. The summed E-state index contributed by atoms with van der Waals surface area (Å²) in [7, 11) is 0. The number of nitro benzene ring substituents is 1. The summed E-state index contributed by atoms with van der Waals surface area (Å²) in [4.78, 5) is 27.4. The van der Waals surface area contributed by atoms with Crippen molar-refractivity contribution in [2.24, 2.45) is 0 Å². The normalized spacial score (nSPS) is 10.5. The third-order valence-corrected chi connectivity index (χ3v) is 4.86. The van der Waals surface area contributed by atoms with E-state index in [9.17, 15) is 14.9 Å². The van der Waals surface area contributed by atoms with Gasteiger partial charge in [0.2, 0.25) is 0 Å². The van der Waals surface area contributed by atoms with Crippen molar-refractivity contribution in [2.45, 2.75) is 13.5 Å². The zero-order valence-electron chi connectivity index (χ0n) is 17.9. The fourth-order valence-electron chi connectivity index (χ4n) is 3.06. The Kier molecular flexibility index (Phi) is 6.74. The molecule has 1 N–H and O–H groups in total. The van der Waals surface area contributed by atoms with Gasteiger partial charge in [-0.15, -0.1) is 0 Å². The minimum Gasteiger partial charge on any atom is -0.485 e. The van der Waals surface area contributed by atoms with Gasteiger partial charge in [0.25, 0.3) is 11.6 Å². The van der Waals surface area contributed by atoms with Gasteiger partial charge in [0, 0.05) is 23.4 Å². The van der Waals surface area contributed by atoms with Crippen molar-refractivity contribution >= 4 is 28.9 Å². The topological polar surface area (TPSA) is 117 Å². The number of ether oxygens (including phenoxy) is 2. The van der Waals surface area contributed by atoms with Gasteiger partial charge in [-0.05, 0) is 55.0 Å². The average molecular weight is 480 g/mol. The Bertz CT molecular complexity index is 1340. The van der Waals surface area contributed by atoms with Crippen LogP contribution in [-0.4, -0.2) is 15.8 Å². The van der Waals surface area contributed by atoms with Crippen molar-refractivity contribution in [1.29, 1.82) is 0 Å². The number of aromatic nitrogens is 1. The maximum atomic E-state index is 12.7. The summed E-state index contributed by atoms with van der Waals surface area (Å²) in [5, 5.41) is 14.5. The number of nitrogens with one attached hydrogen (secondary N) is 1. The molecule has 9 nitrogen and oxygen atoms in total. The van der Waals surface area contributed by atoms with Crippen LogP contribution < -0.4 is 14.8 Å². The Morgan fingerprint density at radius 1 is 1.15 bits per heavy atom. The van der Waals surface area contributed by atoms with Crippen molar-refractivity contribution in [3.8, 4) is 17.2 Å². The summed E-state index contributed by atoms with van der Waals surface area (Å²) in [5.41, 5.74) is 0.791. The molecular weight excluding hydrogens is 462 g/mol. The molecule has 2 aromatic heterocycles. The summed E-state index contributed by atoms with van der Waals surface area (Å²) in [6, 6.07) is 15.6. The fourth-order valence-corrected chi connectivity index (χ4v) is 3.28. The van der Waals surface area contributed by atoms with E-state index in [4.69, 9.17) is 25.5 Å². The lowest BCUT2D eigenvalue weighted by molar-refractivity contribution is -0.384. The van der Waals surface area contributed by atoms with Crippen LogP contribution in [0, 0.1) is 17.0 Å². The van der Waals surface area contributed by atoms with Crippen LogP contribution in [0.25, 0.3) is 0 Å². The number of nitro groups is 1. The largest absolute Gasteiger partial charge is 0.485 e. The first-order valence-electron chi connectivity index (χ1n) is 10.0. The molecule has 2 aromatic carbocycles. The molecule has 4 aromatic rings. The zero-order valence-corrected chi connectivity index (χ0v) is 18.6. The molecule has 0 saturated carbocycles. The van der Waals surface area contributed by atoms with Crippen LogP contribution in [0.4, 0.5) is 11.4 Å². The number of halogens is 1. The number of hydrogen-bond donors (Lipinski definition) is 1. The molecule has 172 valence electrons. The zero-order chi connectivity index (χ0) is 24.1. The molecule has 34 heavy (non-hydrogen) atoms. The number of benzene rings is 2. The van der Waals surface area contributed by atoms with E-state index in [2.05, 4.69) is 10.3 Å². The molecule has 0 aliphatic carbocycles. The fraction of sp³-hybridized carbons (Fsp3) is 0.0833. The van der Waals surface area contributed by atoms with E-state index in [0.29, 0.717) is 22.3 Å². The third-order valence-electron chi connectivity index (χ3n) is 4.62. The highest BCUT2D eigenvalue weighted by Gasteiger charge is 2.16. The molecule has 4 rings (SSSR count). The number of furan rings is 1. The monoisotopic (exact) mass is 479 g/mol. The van der Waals surface area contributed by atoms with E-state index in [1.165, 1.54) is 30.5 Å². The second-order valence-corrected chi connectivity index (χ2v) is 7.62. The number of nitrogens with zero attached hydrogens (tertiary/aromatic N) is 2. The molecular formula is C24H18ClN3O6. The molecule has 0 unspecified atom stereocenters. The standard InChI is InChI=1S/C24H18ClN3O6/c1-15-9-16(25)4-6-22(15)32-14-20-5-7-23(34-20)24(29)27-17-10-18(28(30)31)12-21(11-17)33-19-3-2-8-26-13-19/h2-13H,14H2,1H3,(H,27,29). The maximum Gasteiger partial charge on any atom is 0.291 e. The van der Waals surface area contributed by atoms with Gasteiger partial charge in [0.1, 0.15) is 29.6 Å². The maximum absolute atomic E-state index is 12.7. The third kappa shape index (κ3) is 5.70. The number of carbonyl (C=O) groups excluding carboxylic acids is 1. The molecule has 0 saturated heterocycles. The smallest absolute Gasteiger partial charge is 0.291 e. The van der Waals surface area contributed by atoms with Crippen LogP contribution in [0.2, 0.25) is 5.02 Å². The van der Waals surface area contributed by atoms with Gasteiger partial charge in [0.15, 0.2) is 5.76 Å². The van der Waals surface area contributed by atoms with Crippen molar-refractivity contribution in [1.82, 2.24) is 4.98 Å². The molecule has 0 spiro atoms. The number of carbonyl (C=O) groups is 1. The molecule has 0 aliphatic heterocycles. The molecule has 0 fully saturated rings. The van der Waals surface area contributed by atoms with Crippen LogP contribution in [0.5, 0.6) is 17.2 Å². The first-order valence-corrected chi connectivity index (χ1v) is 10.4. The summed E-state index contributed by atoms with van der Waals surface area (Å²) in [6.07, 6.45) is 3.04. The van der Waals surface area contributed by atoms with Gasteiger partial charge in [-0.25, -0.2) is 0 Å². The number of non-ortho nitro benzene ring substituents is 1. The minimum absolute atomic E-state index is 0.0210. The second kappa shape index (κ2) is 10.1. The van der Waals surface area contributed by atoms with Crippen molar-refractivity contribution in [3.05, 3.63) is 105 Å². The highest BCUT2D eigenvalue weighted by molar-refractivity contribution is 6.30. The van der Waals surface area contributed by atoms with Crippen molar-refractivity contribution in [2.75, 3.05) is 5.32 Å². The summed E-state index contributed by atoms with van der Waals surface area (Å²) in [5.74, 6) is 1.08. The van der Waals surface area contributed by atoms with Gasteiger partial charge in [0.05, 0.1) is 22.9 Å². The molecule has 0 bridgehead atoms. The summed E-state index contributed by atoms with van der Waals surface area (Å²) < 4.78 is 16.9. The predicted molar refractivity (Wildman–Crippen MR) is 125 cm³/mol. The number of aryl methyl sites for hydroxylation is 1. The molecule has 1 amide bonds. The van der Waals surface area contributed by atoms with Gasteiger partial charge in [-0.3, -0.25) is 19.9 Å². The number of amides is 1. The molecule has 0 aliphatic rings. The first-order chi connectivity index (χ1) is 16.4. The first kappa shape index (κ1) is 22.8. The highest BCUT2D eigenvalue weighted by Crippen LogP contribution is 2.30. The molecule has 0 atom stereocenters. The SMILES string of the molecule is Cc1cc(Cl)ccc1OCc1ccc(C(=O)Nc2cc(Oc3cccnc3)cc([N+](=O)[O-])c2)o1. The Labute approximate surface area is 199 Å². The van der Waals surface area contributed by atoms with E-state index in [1.807, 2.05) is 6.92 Å². The van der Waals surface area contributed by atoms with E-state index in [1.54, 1.807) is 42.6 Å². The number of anilines is 1. The number of hydrogen-bond acceptors (Lipinski definition) is 7. The van der Waals surface area contributed by atoms with E-state index in [-0.39, 0.29) is 29.5 Å². The lowest BCUT2D eigenvalue weighted by Gasteiger charge is -2.09. The van der Waals surface area contributed by atoms with Gasteiger partial charge in [-0.1, -0.05) is 11.6 Å². The quantitative estimate of drug-likeness (QED) is 0.237. The Morgan fingerprint density at radius 3 is 2.74 bits per heavy atom. The average Bonchev–Trinajstić information content (AvgIpc) is 3.28. The summed E-state index contributed by atoms with van der Waals surface area (Å²) >= 11 is 5.95. The van der Waals surface area contributed by atoms with E-state index < -0.39 is 10.8 Å². The van der Waals surface area contributed by atoms with Gasteiger partial charge in [-0.2, -0.15) is 0 Å². The molecule has 10 heteroatoms. The lowest BCUT2D eigenvalue weighted by atomic mass is 10.2. The van der Waals surface area contributed by atoms with Crippen LogP contribution >= 0.6 is 11.6 Å². The summed E-state index contributed by atoms with van der Waals surface area (Å²) in [6.45, 7) is 1.98. The number of rotatable bonds is 8. The van der Waals surface area contributed by atoms with Crippen LogP contribution in [-0.2, 0) is 6.61 Å². The van der Waals surface area contributed by atoms with Crippen molar-refractivity contribution < 1.29 is 23.6 Å². The molecule has 0 radical (unpaired) electrons.